The lowest BCUT2D eigenvalue weighted by Gasteiger charge is -2.43. The molecule has 2 saturated carbocycles. The van der Waals surface area contributed by atoms with Crippen LogP contribution in [0.4, 0.5) is 0 Å². The van der Waals surface area contributed by atoms with Gasteiger partial charge < -0.3 is 9.64 Å². The molecule has 114 valence electrons. The smallest absolute Gasteiger partial charge is 0.244 e. The second-order valence-corrected chi connectivity index (χ2v) is 6.65. The van der Waals surface area contributed by atoms with E-state index < -0.39 is 0 Å². The number of hydrogen-bond acceptors (Lipinski definition) is 3. The molecule has 1 spiro atoms. The van der Waals surface area contributed by atoms with Crippen LogP contribution in [-0.4, -0.2) is 41.3 Å². The van der Waals surface area contributed by atoms with Gasteiger partial charge >= 0.3 is 0 Å². The molecule has 1 saturated heterocycles. The van der Waals surface area contributed by atoms with Crippen LogP contribution in [0.15, 0.2) is 0 Å². The quantitative estimate of drug-likeness (QED) is 0.841. The predicted octanol–water partition coefficient (Wildman–Crippen LogP) is 2.42. The third kappa shape index (κ3) is 2.27. The Kier molecular flexibility index (Phi) is 4.04. The second kappa shape index (κ2) is 5.64. The molecule has 3 rings (SSSR count). The first kappa shape index (κ1) is 14.3. The lowest BCUT2D eigenvalue weighted by atomic mass is 9.86. The highest BCUT2D eigenvalue weighted by molar-refractivity contribution is 5.89. The molecule has 0 bridgehead atoms. The molecule has 3 aliphatic rings. The van der Waals surface area contributed by atoms with Gasteiger partial charge in [0.1, 0.15) is 0 Å². The van der Waals surface area contributed by atoms with Gasteiger partial charge in [0.05, 0.1) is 17.8 Å². The highest BCUT2D eigenvalue weighted by Crippen LogP contribution is 2.41. The lowest BCUT2D eigenvalue weighted by Crippen LogP contribution is -2.53. The summed E-state index contributed by atoms with van der Waals surface area (Å²) in [6.07, 6.45) is 9.33. The van der Waals surface area contributed by atoms with E-state index in [4.69, 9.17) is 4.74 Å². The molecule has 3 fully saturated rings. The molecule has 1 atom stereocenters. The Morgan fingerprint density at radius 1 is 1.30 bits per heavy atom. The summed E-state index contributed by atoms with van der Waals surface area (Å²) < 4.78 is 5.66. The zero-order valence-electron chi connectivity index (χ0n) is 12.9. The fraction of sp³-hybridized carbons (Fsp3) is 0.938. The summed E-state index contributed by atoms with van der Waals surface area (Å²) in [6.45, 7) is 5.03. The standard InChI is InChI=1S/C16H28N2O2/c1-3-7-14-17-16(8-5-6-9-16)15(19)18(14)12-10-13(11-12)20-4-2/h12-14,17H,3-11H2,1-2H3. The normalized spacial score (nSPS) is 35.8. The monoisotopic (exact) mass is 280 g/mol. The van der Waals surface area contributed by atoms with E-state index >= 15 is 0 Å². The molecule has 1 amide bonds. The zero-order chi connectivity index (χ0) is 14.2. The number of nitrogens with zero attached hydrogens (tertiary/aromatic N) is 1. The number of amides is 1. The molecular formula is C16H28N2O2. The van der Waals surface area contributed by atoms with Crippen molar-refractivity contribution in [3.8, 4) is 0 Å². The predicted molar refractivity (Wildman–Crippen MR) is 78.3 cm³/mol. The number of rotatable bonds is 5. The first-order chi connectivity index (χ1) is 9.70. The molecule has 4 nitrogen and oxygen atoms in total. The maximum absolute atomic E-state index is 12.9. The van der Waals surface area contributed by atoms with Crippen molar-refractivity contribution < 1.29 is 9.53 Å². The zero-order valence-corrected chi connectivity index (χ0v) is 12.9. The van der Waals surface area contributed by atoms with E-state index in [0.29, 0.717) is 18.1 Å². The largest absolute Gasteiger partial charge is 0.378 e. The Balaban J connectivity index is 1.69. The maximum atomic E-state index is 12.9. The van der Waals surface area contributed by atoms with Gasteiger partial charge in [-0.15, -0.1) is 0 Å². The molecule has 2 aliphatic carbocycles. The SMILES string of the molecule is CCCC1NC2(CCCC2)C(=O)N1C1CC(OCC)C1. The highest BCUT2D eigenvalue weighted by atomic mass is 16.5. The lowest BCUT2D eigenvalue weighted by molar-refractivity contribution is -0.141. The Labute approximate surface area is 122 Å². The average Bonchev–Trinajstić information content (AvgIpc) is 2.94. The minimum absolute atomic E-state index is 0.212. The van der Waals surface area contributed by atoms with Gasteiger partial charge in [-0.25, -0.2) is 0 Å². The molecule has 1 heterocycles. The molecule has 1 unspecified atom stereocenters. The summed E-state index contributed by atoms with van der Waals surface area (Å²) in [4.78, 5) is 15.1. The van der Waals surface area contributed by atoms with E-state index in [0.717, 1.165) is 45.1 Å². The summed E-state index contributed by atoms with van der Waals surface area (Å²) in [5.74, 6) is 0.383. The Hall–Kier alpha value is -0.610. The van der Waals surface area contributed by atoms with Crippen molar-refractivity contribution in [1.82, 2.24) is 10.2 Å². The second-order valence-electron chi connectivity index (χ2n) is 6.65. The number of nitrogens with one attached hydrogen (secondary N) is 1. The average molecular weight is 280 g/mol. The Morgan fingerprint density at radius 2 is 2.00 bits per heavy atom. The van der Waals surface area contributed by atoms with Crippen LogP contribution in [0.25, 0.3) is 0 Å². The number of hydrogen-bond donors (Lipinski definition) is 1. The maximum Gasteiger partial charge on any atom is 0.244 e. The molecule has 1 N–H and O–H groups in total. The minimum atomic E-state index is -0.212. The van der Waals surface area contributed by atoms with E-state index in [9.17, 15) is 4.79 Å². The van der Waals surface area contributed by atoms with Crippen LogP contribution < -0.4 is 5.32 Å². The third-order valence-electron chi connectivity index (χ3n) is 5.31. The van der Waals surface area contributed by atoms with Gasteiger partial charge in [-0.05, 0) is 39.0 Å². The van der Waals surface area contributed by atoms with Gasteiger partial charge in [0.2, 0.25) is 5.91 Å². The topological polar surface area (TPSA) is 41.6 Å². The molecule has 0 aromatic heterocycles. The van der Waals surface area contributed by atoms with Crippen LogP contribution >= 0.6 is 0 Å². The number of ether oxygens (including phenoxy) is 1. The molecule has 0 aromatic rings. The summed E-state index contributed by atoms with van der Waals surface area (Å²) in [7, 11) is 0. The van der Waals surface area contributed by atoms with Crippen LogP contribution in [0.2, 0.25) is 0 Å². The van der Waals surface area contributed by atoms with Crippen molar-refractivity contribution >= 4 is 5.91 Å². The summed E-state index contributed by atoms with van der Waals surface area (Å²) in [6, 6.07) is 0.406. The van der Waals surface area contributed by atoms with Crippen molar-refractivity contribution in [2.45, 2.75) is 89.1 Å². The van der Waals surface area contributed by atoms with Gasteiger partial charge in [0, 0.05) is 12.6 Å². The fourth-order valence-corrected chi connectivity index (χ4v) is 4.22. The van der Waals surface area contributed by atoms with Gasteiger partial charge in [-0.2, -0.15) is 0 Å². The van der Waals surface area contributed by atoms with Crippen LogP contribution in [0.5, 0.6) is 0 Å². The third-order valence-corrected chi connectivity index (χ3v) is 5.31. The van der Waals surface area contributed by atoms with Gasteiger partial charge in [0.15, 0.2) is 0 Å². The van der Waals surface area contributed by atoms with Gasteiger partial charge in [-0.1, -0.05) is 26.2 Å². The van der Waals surface area contributed by atoms with E-state index in [1.807, 2.05) is 6.92 Å². The summed E-state index contributed by atoms with van der Waals surface area (Å²) in [5.41, 5.74) is -0.212. The van der Waals surface area contributed by atoms with Crippen LogP contribution in [0, 0.1) is 0 Å². The molecule has 1 aliphatic heterocycles. The molecular weight excluding hydrogens is 252 g/mol. The van der Waals surface area contributed by atoms with Crippen molar-refractivity contribution in [3.63, 3.8) is 0 Å². The van der Waals surface area contributed by atoms with Crippen LogP contribution in [0.1, 0.15) is 65.2 Å². The van der Waals surface area contributed by atoms with Crippen molar-refractivity contribution in [3.05, 3.63) is 0 Å². The van der Waals surface area contributed by atoms with Crippen LogP contribution in [0.3, 0.4) is 0 Å². The number of carbonyl (C=O) groups is 1. The number of carbonyl (C=O) groups excluding carboxylic acids is 1. The van der Waals surface area contributed by atoms with E-state index in [-0.39, 0.29) is 11.7 Å². The van der Waals surface area contributed by atoms with Gasteiger partial charge in [-0.3, -0.25) is 10.1 Å². The minimum Gasteiger partial charge on any atom is -0.378 e. The van der Waals surface area contributed by atoms with E-state index in [1.54, 1.807) is 0 Å². The summed E-state index contributed by atoms with van der Waals surface area (Å²) >= 11 is 0. The van der Waals surface area contributed by atoms with E-state index in [2.05, 4.69) is 17.1 Å². The first-order valence-corrected chi connectivity index (χ1v) is 8.42. The Morgan fingerprint density at radius 3 is 2.60 bits per heavy atom. The highest BCUT2D eigenvalue weighted by Gasteiger charge is 2.55. The first-order valence-electron chi connectivity index (χ1n) is 8.42. The fourth-order valence-electron chi connectivity index (χ4n) is 4.22. The molecule has 0 aromatic carbocycles. The van der Waals surface area contributed by atoms with Crippen molar-refractivity contribution in [2.24, 2.45) is 0 Å². The summed E-state index contributed by atoms with van der Waals surface area (Å²) in [5, 5.41) is 3.70. The van der Waals surface area contributed by atoms with E-state index in [1.165, 1.54) is 12.8 Å². The van der Waals surface area contributed by atoms with Crippen molar-refractivity contribution in [1.29, 1.82) is 0 Å². The van der Waals surface area contributed by atoms with Crippen LogP contribution in [-0.2, 0) is 9.53 Å². The molecule has 20 heavy (non-hydrogen) atoms. The van der Waals surface area contributed by atoms with Crippen molar-refractivity contribution in [2.75, 3.05) is 6.61 Å². The van der Waals surface area contributed by atoms with Gasteiger partial charge in [0.25, 0.3) is 0 Å². The molecule has 0 radical (unpaired) electrons. The molecule has 4 heteroatoms. The Bertz CT molecular complexity index is 359.